The van der Waals surface area contributed by atoms with Gasteiger partial charge in [-0.3, -0.25) is 14.4 Å². The Balaban J connectivity index is 1.23. The molecule has 1 saturated heterocycles. The van der Waals surface area contributed by atoms with Crippen LogP contribution in [0.25, 0.3) is 10.9 Å². The molecule has 2 aromatic rings. The number of nitriles is 1. The Bertz CT molecular complexity index is 1180. The molecular formula is C25H28ClN5O3. The van der Waals surface area contributed by atoms with Crippen molar-refractivity contribution >= 4 is 40.2 Å². The van der Waals surface area contributed by atoms with E-state index in [1.54, 1.807) is 12.1 Å². The first-order chi connectivity index (χ1) is 16.4. The lowest BCUT2D eigenvalue weighted by Crippen LogP contribution is -2.51. The third-order valence-corrected chi connectivity index (χ3v) is 7.63. The van der Waals surface area contributed by atoms with E-state index in [1.165, 1.54) is 0 Å². The molecule has 1 unspecified atom stereocenters. The number of rotatable bonds is 8. The Labute approximate surface area is 202 Å². The van der Waals surface area contributed by atoms with Gasteiger partial charge in [-0.2, -0.15) is 5.26 Å². The van der Waals surface area contributed by atoms with Gasteiger partial charge in [0.25, 0.3) is 5.91 Å². The van der Waals surface area contributed by atoms with Gasteiger partial charge in [-0.05, 0) is 56.6 Å². The molecule has 8 nitrogen and oxygen atoms in total. The van der Waals surface area contributed by atoms with Crippen LogP contribution in [-0.2, 0) is 9.59 Å². The maximum Gasteiger partial charge on any atom is 0.268 e. The number of benzene rings is 1. The molecule has 3 fully saturated rings. The summed E-state index contributed by atoms with van der Waals surface area (Å²) in [5, 5.41) is 19.7. The molecule has 5 rings (SSSR count). The molecule has 4 N–H and O–H groups in total. The van der Waals surface area contributed by atoms with E-state index in [2.05, 4.69) is 27.0 Å². The summed E-state index contributed by atoms with van der Waals surface area (Å²) < 4.78 is 0. The van der Waals surface area contributed by atoms with Crippen LogP contribution in [-0.4, -0.2) is 40.3 Å². The van der Waals surface area contributed by atoms with E-state index in [-0.39, 0.29) is 23.8 Å². The van der Waals surface area contributed by atoms with Crippen LogP contribution in [0.3, 0.4) is 0 Å². The number of piperidine rings is 1. The molecule has 3 aliphatic rings. The van der Waals surface area contributed by atoms with E-state index in [1.807, 2.05) is 12.1 Å². The van der Waals surface area contributed by atoms with Crippen LogP contribution in [0.4, 0.5) is 0 Å². The third kappa shape index (κ3) is 4.90. The molecule has 9 heteroatoms. The van der Waals surface area contributed by atoms with Gasteiger partial charge in [0.15, 0.2) is 0 Å². The summed E-state index contributed by atoms with van der Waals surface area (Å²) >= 11 is 6.20. The fourth-order valence-corrected chi connectivity index (χ4v) is 5.08. The Hall–Kier alpha value is -3.05. The van der Waals surface area contributed by atoms with Crippen molar-refractivity contribution < 1.29 is 14.4 Å². The molecule has 2 aliphatic carbocycles. The van der Waals surface area contributed by atoms with Crippen molar-refractivity contribution in [1.82, 2.24) is 20.9 Å². The number of hydrogen-bond donors (Lipinski definition) is 4. The molecular weight excluding hydrogens is 454 g/mol. The van der Waals surface area contributed by atoms with Crippen molar-refractivity contribution in [2.24, 2.45) is 11.8 Å². The van der Waals surface area contributed by atoms with E-state index in [4.69, 9.17) is 11.6 Å². The zero-order chi connectivity index (χ0) is 23.9. The van der Waals surface area contributed by atoms with Gasteiger partial charge >= 0.3 is 0 Å². The van der Waals surface area contributed by atoms with Crippen LogP contribution in [0.2, 0.25) is 5.02 Å². The number of nitrogens with zero attached hydrogens (tertiary/aromatic N) is 1. The lowest BCUT2D eigenvalue weighted by atomic mass is 9.87. The van der Waals surface area contributed by atoms with Crippen LogP contribution < -0.4 is 16.0 Å². The standard InChI is InChI=1S/C25H28ClN5O3/c26-18-3-1-2-15-12-20(29-21(15)18)24(34)30-19(10-14-4-5-14)23(33)28-17(13-27)11-16-6-7-25(8-9-25)31-22(16)32/h1-3,12,14,16-17,19,29H,4-11H2,(H,28,33)(H,30,34)(H,31,32)/t16?,17-,19-/m0/s1. The molecule has 1 aliphatic heterocycles. The first kappa shape index (κ1) is 22.7. The van der Waals surface area contributed by atoms with Gasteiger partial charge in [0.1, 0.15) is 17.8 Å². The number of nitrogens with one attached hydrogen (secondary N) is 4. The van der Waals surface area contributed by atoms with Crippen LogP contribution in [0, 0.1) is 23.2 Å². The zero-order valence-corrected chi connectivity index (χ0v) is 19.6. The highest BCUT2D eigenvalue weighted by Crippen LogP contribution is 2.44. The second-order valence-electron chi connectivity index (χ2n) is 10.0. The molecule has 1 aromatic heterocycles. The molecule has 0 radical (unpaired) electrons. The van der Waals surface area contributed by atoms with Crippen molar-refractivity contribution in [3.63, 3.8) is 0 Å². The number of aromatic amines is 1. The first-order valence-corrected chi connectivity index (χ1v) is 12.3. The summed E-state index contributed by atoms with van der Waals surface area (Å²) in [5.41, 5.74) is 0.980. The Morgan fingerprint density at radius 3 is 2.62 bits per heavy atom. The van der Waals surface area contributed by atoms with Gasteiger partial charge in [-0.15, -0.1) is 0 Å². The molecule has 34 heavy (non-hydrogen) atoms. The highest BCUT2D eigenvalue weighted by Gasteiger charge is 2.48. The highest BCUT2D eigenvalue weighted by atomic mass is 35.5. The normalized spacial score (nSPS) is 22.5. The quantitative estimate of drug-likeness (QED) is 0.461. The van der Waals surface area contributed by atoms with E-state index in [0.717, 1.165) is 43.9 Å². The topological polar surface area (TPSA) is 127 Å². The van der Waals surface area contributed by atoms with Crippen molar-refractivity contribution in [2.45, 2.75) is 69.0 Å². The van der Waals surface area contributed by atoms with Gasteiger partial charge in [0, 0.05) is 16.8 Å². The van der Waals surface area contributed by atoms with Crippen LogP contribution >= 0.6 is 11.6 Å². The fraction of sp³-hybridized carbons (Fsp3) is 0.520. The second kappa shape index (κ2) is 8.95. The van der Waals surface area contributed by atoms with Gasteiger partial charge in [0.05, 0.1) is 16.6 Å². The number of aromatic nitrogens is 1. The van der Waals surface area contributed by atoms with Crippen LogP contribution in [0.15, 0.2) is 24.3 Å². The number of carbonyl (C=O) groups excluding carboxylic acids is 3. The largest absolute Gasteiger partial charge is 0.350 e. The average molecular weight is 482 g/mol. The second-order valence-corrected chi connectivity index (χ2v) is 10.4. The summed E-state index contributed by atoms with van der Waals surface area (Å²) in [7, 11) is 0. The van der Waals surface area contributed by atoms with Gasteiger partial charge in [-0.25, -0.2) is 0 Å². The summed E-state index contributed by atoms with van der Waals surface area (Å²) in [5.74, 6) is -0.728. The van der Waals surface area contributed by atoms with Crippen molar-refractivity contribution in [2.75, 3.05) is 0 Å². The molecule has 2 saturated carbocycles. The van der Waals surface area contributed by atoms with Gasteiger partial charge in [0.2, 0.25) is 11.8 Å². The molecule has 0 bridgehead atoms. The Kier molecular flexibility index (Phi) is 5.98. The molecule has 3 amide bonds. The average Bonchev–Trinajstić information content (AvgIpc) is 3.73. The molecule has 3 atom stereocenters. The molecule has 178 valence electrons. The number of amides is 3. The minimum atomic E-state index is -0.790. The number of carbonyl (C=O) groups is 3. The predicted octanol–water partition coefficient (Wildman–Crippen LogP) is 3.18. The van der Waals surface area contributed by atoms with Crippen molar-refractivity contribution in [3.05, 3.63) is 35.0 Å². The fourth-order valence-electron chi connectivity index (χ4n) is 4.85. The predicted molar refractivity (Wildman–Crippen MR) is 127 cm³/mol. The van der Waals surface area contributed by atoms with E-state index >= 15 is 0 Å². The number of fused-ring (bicyclic) bond motifs is 1. The van der Waals surface area contributed by atoms with Crippen LogP contribution in [0.1, 0.15) is 61.9 Å². The zero-order valence-electron chi connectivity index (χ0n) is 18.8. The Morgan fingerprint density at radius 2 is 1.97 bits per heavy atom. The van der Waals surface area contributed by atoms with Gasteiger partial charge < -0.3 is 20.9 Å². The van der Waals surface area contributed by atoms with E-state index in [9.17, 15) is 19.6 Å². The summed E-state index contributed by atoms with van der Waals surface area (Å²) in [6.45, 7) is 0. The van der Waals surface area contributed by atoms with Crippen molar-refractivity contribution in [1.29, 1.82) is 5.26 Å². The lowest BCUT2D eigenvalue weighted by molar-refractivity contribution is -0.129. The highest BCUT2D eigenvalue weighted by molar-refractivity contribution is 6.35. The first-order valence-electron chi connectivity index (χ1n) is 12.0. The minimum Gasteiger partial charge on any atom is -0.350 e. The molecule has 1 aromatic carbocycles. The number of H-pyrrole nitrogens is 1. The maximum absolute atomic E-state index is 13.1. The lowest BCUT2D eigenvalue weighted by Gasteiger charge is -2.30. The Morgan fingerprint density at radius 1 is 1.18 bits per heavy atom. The molecule has 1 spiro atoms. The van der Waals surface area contributed by atoms with Gasteiger partial charge in [-0.1, -0.05) is 36.6 Å². The van der Waals surface area contributed by atoms with Crippen LogP contribution in [0.5, 0.6) is 0 Å². The smallest absolute Gasteiger partial charge is 0.268 e. The number of halogens is 1. The van der Waals surface area contributed by atoms with E-state index in [0.29, 0.717) is 28.6 Å². The maximum atomic E-state index is 13.1. The molecule has 2 heterocycles. The third-order valence-electron chi connectivity index (χ3n) is 7.31. The SMILES string of the molecule is N#C[C@H](CC1CCC2(CC2)NC1=O)NC(=O)[C@H](CC1CC1)NC(=O)c1cc2cccc(Cl)c2[nH]1. The number of hydrogen-bond acceptors (Lipinski definition) is 4. The monoisotopic (exact) mass is 481 g/mol. The van der Waals surface area contributed by atoms with Crippen molar-refractivity contribution in [3.8, 4) is 6.07 Å². The minimum absolute atomic E-state index is 0.00847. The summed E-state index contributed by atoms with van der Waals surface area (Å²) in [6.07, 6.45) is 6.53. The van der Waals surface area contributed by atoms with E-state index < -0.39 is 23.9 Å². The number of para-hydroxylation sites is 1. The summed E-state index contributed by atoms with van der Waals surface area (Å²) in [6, 6.07) is 7.68. The summed E-state index contributed by atoms with van der Waals surface area (Å²) in [4.78, 5) is 41.5.